The molecule has 0 aromatic carbocycles. The maximum atomic E-state index is 9.33. The highest BCUT2D eigenvalue weighted by Crippen LogP contribution is 2.24. The van der Waals surface area contributed by atoms with Crippen molar-refractivity contribution in [1.29, 1.82) is 5.26 Å². The molecule has 1 aliphatic carbocycles. The van der Waals surface area contributed by atoms with E-state index < -0.39 is 0 Å². The summed E-state index contributed by atoms with van der Waals surface area (Å²) in [5.41, 5.74) is -0.354. The van der Waals surface area contributed by atoms with Gasteiger partial charge in [-0.25, -0.2) is 0 Å². The minimum atomic E-state index is -0.354. The Hall–Kier alpha value is -0.590. The number of nitriles is 1. The summed E-state index contributed by atoms with van der Waals surface area (Å²) in [7, 11) is 2.17. The second kappa shape index (κ2) is 6.54. The highest BCUT2D eigenvalue weighted by Gasteiger charge is 2.32. The van der Waals surface area contributed by atoms with Gasteiger partial charge in [0.1, 0.15) is 5.54 Å². The van der Waals surface area contributed by atoms with E-state index in [0.29, 0.717) is 12.1 Å². The number of hydrogen-bond acceptors (Lipinski definition) is 3. The summed E-state index contributed by atoms with van der Waals surface area (Å²) in [5.74, 6) is 0.731. The molecule has 0 aliphatic heterocycles. The summed E-state index contributed by atoms with van der Waals surface area (Å²) in [4.78, 5) is 2.38. The van der Waals surface area contributed by atoms with Gasteiger partial charge in [0, 0.05) is 18.6 Å². The van der Waals surface area contributed by atoms with Gasteiger partial charge in [-0.05, 0) is 52.5 Å². The molecule has 1 N–H and O–H groups in total. The van der Waals surface area contributed by atoms with Crippen molar-refractivity contribution in [2.45, 2.75) is 71.0 Å². The summed E-state index contributed by atoms with van der Waals surface area (Å²) in [6, 6.07) is 3.63. The Kier molecular flexibility index (Phi) is 5.62. The van der Waals surface area contributed by atoms with E-state index in [9.17, 15) is 5.26 Å². The van der Waals surface area contributed by atoms with Gasteiger partial charge in [0.25, 0.3) is 0 Å². The van der Waals surface area contributed by atoms with E-state index in [1.807, 2.05) is 6.92 Å². The summed E-state index contributed by atoms with van der Waals surface area (Å²) in [6.07, 6.45) is 4.59. The fourth-order valence-electron chi connectivity index (χ4n) is 2.32. The van der Waals surface area contributed by atoms with Crippen LogP contribution in [0.4, 0.5) is 0 Å². The van der Waals surface area contributed by atoms with Crippen LogP contribution in [0.1, 0.15) is 53.4 Å². The molecule has 0 amide bonds. The molecule has 1 rings (SSSR count). The van der Waals surface area contributed by atoms with E-state index in [-0.39, 0.29) is 5.54 Å². The van der Waals surface area contributed by atoms with Crippen molar-refractivity contribution in [3.8, 4) is 6.07 Å². The molecule has 1 fully saturated rings. The lowest BCUT2D eigenvalue weighted by molar-refractivity contribution is 0.209. The number of rotatable bonds is 8. The maximum absolute atomic E-state index is 9.33. The molecule has 0 bridgehead atoms. The van der Waals surface area contributed by atoms with Gasteiger partial charge in [-0.15, -0.1) is 0 Å². The average molecular weight is 251 g/mol. The number of nitrogens with zero attached hydrogens (tertiary/aromatic N) is 2. The molecule has 0 aromatic heterocycles. The minimum Gasteiger partial charge on any atom is -0.304 e. The van der Waals surface area contributed by atoms with Crippen molar-refractivity contribution >= 4 is 0 Å². The Morgan fingerprint density at radius 2 is 2.00 bits per heavy atom. The van der Waals surface area contributed by atoms with Crippen molar-refractivity contribution in [2.75, 3.05) is 13.6 Å². The first-order valence-electron chi connectivity index (χ1n) is 7.25. The molecule has 2 unspecified atom stereocenters. The van der Waals surface area contributed by atoms with Crippen LogP contribution in [0.15, 0.2) is 0 Å². The predicted molar refractivity (Wildman–Crippen MR) is 76.3 cm³/mol. The van der Waals surface area contributed by atoms with Crippen LogP contribution in [0.5, 0.6) is 0 Å². The smallest absolute Gasteiger partial charge is 0.105 e. The van der Waals surface area contributed by atoms with Crippen LogP contribution < -0.4 is 5.32 Å². The van der Waals surface area contributed by atoms with Crippen LogP contribution in [0.2, 0.25) is 0 Å². The first-order valence-corrected chi connectivity index (χ1v) is 7.25. The molecule has 3 heteroatoms. The standard InChI is InChI=1S/C15H29N3/c1-12(2)10-13(3)18(5)9-8-15(4,11-16)17-14-6-7-14/h12-14,17H,6-10H2,1-5H3. The van der Waals surface area contributed by atoms with Crippen molar-refractivity contribution in [1.82, 2.24) is 10.2 Å². The predicted octanol–water partition coefficient (Wildman–Crippen LogP) is 2.78. The Balaban J connectivity index is 2.34. The van der Waals surface area contributed by atoms with Crippen LogP contribution >= 0.6 is 0 Å². The van der Waals surface area contributed by atoms with Gasteiger partial charge in [0.2, 0.25) is 0 Å². The van der Waals surface area contributed by atoms with Gasteiger partial charge in [-0.3, -0.25) is 5.32 Å². The zero-order chi connectivity index (χ0) is 13.8. The van der Waals surface area contributed by atoms with Gasteiger partial charge < -0.3 is 4.90 Å². The summed E-state index contributed by atoms with van der Waals surface area (Å²) in [6.45, 7) is 9.82. The van der Waals surface area contributed by atoms with Crippen LogP contribution in [-0.2, 0) is 0 Å². The number of nitrogens with one attached hydrogen (secondary N) is 1. The van der Waals surface area contributed by atoms with E-state index in [1.54, 1.807) is 0 Å². The fraction of sp³-hybridized carbons (Fsp3) is 0.933. The van der Waals surface area contributed by atoms with Crippen LogP contribution in [0.3, 0.4) is 0 Å². The SMILES string of the molecule is CC(C)CC(C)N(C)CCC(C)(C#N)NC1CC1. The van der Waals surface area contributed by atoms with E-state index in [1.165, 1.54) is 19.3 Å². The van der Waals surface area contributed by atoms with Gasteiger partial charge in [-0.2, -0.15) is 5.26 Å². The van der Waals surface area contributed by atoms with Crippen molar-refractivity contribution in [2.24, 2.45) is 5.92 Å². The lowest BCUT2D eigenvalue weighted by Gasteiger charge is -2.30. The highest BCUT2D eigenvalue weighted by molar-refractivity contribution is 5.07. The van der Waals surface area contributed by atoms with Gasteiger partial charge in [0.15, 0.2) is 0 Å². The molecule has 0 heterocycles. The molecule has 3 nitrogen and oxygen atoms in total. The van der Waals surface area contributed by atoms with Crippen LogP contribution in [0.25, 0.3) is 0 Å². The van der Waals surface area contributed by atoms with Crippen LogP contribution in [0, 0.1) is 17.2 Å². The molecule has 18 heavy (non-hydrogen) atoms. The molecule has 0 radical (unpaired) electrons. The largest absolute Gasteiger partial charge is 0.304 e. The van der Waals surface area contributed by atoms with Gasteiger partial charge >= 0.3 is 0 Å². The molecule has 104 valence electrons. The average Bonchev–Trinajstić information content (AvgIpc) is 3.08. The van der Waals surface area contributed by atoms with Crippen molar-refractivity contribution < 1.29 is 0 Å². The molecule has 0 saturated heterocycles. The first-order chi connectivity index (χ1) is 8.36. The topological polar surface area (TPSA) is 39.1 Å². The first kappa shape index (κ1) is 15.5. The molecule has 0 spiro atoms. The molecule has 2 atom stereocenters. The second-order valence-electron chi connectivity index (χ2n) is 6.57. The van der Waals surface area contributed by atoms with Crippen molar-refractivity contribution in [3.63, 3.8) is 0 Å². The number of hydrogen-bond donors (Lipinski definition) is 1. The molecule has 0 aromatic rings. The third-order valence-electron chi connectivity index (χ3n) is 3.88. The Morgan fingerprint density at radius 1 is 1.39 bits per heavy atom. The summed E-state index contributed by atoms with van der Waals surface area (Å²) in [5, 5.41) is 12.8. The zero-order valence-corrected chi connectivity index (χ0v) is 12.7. The summed E-state index contributed by atoms with van der Waals surface area (Å²) < 4.78 is 0. The third-order valence-corrected chi connectivity index (χ3v) is 3.88. The van der Waals surface area contributed by atoms with Gasteiger partial charge in [-0.1, -0.05) is 13.8 Å². The second-order valence-corrected chi connectivity index (χ2v) is 6.57. The van der Waals surface area contributed by atoms with E-state index in [2.05, 4.69) is 44.1 Å². The van der Waals surface area contributed by atoms with Crippen LogP contribution in [-0.4, -0.2) is 36.1 Å². The lowest BCUT2D eigenvalue weighted by Crippen LogP contribution is -2.45. The zero-order valence-electron chi connectivity index (χ0n) is 12.7. The Morgan fingerprint density at radius 3 is 2.44 bits per heavy atom. The third kappa shape index (κ3) is 5.37. The molecular formula is C15H29N3. The maximum Gasteiger partial charge on any atom is 0.105 e. The Labute approximate surface area is 113 Å². The van der Waals surface area contributed by atoms with E-state index in [4.69, 9.17) is 0 Å². The highest BCUT2D eigenvalue weighted by atomic mass is 15.1. The molecular weight excluding hydrogens is 222 g/mol. The normalized spacial score (nSPS) is 20.8. The molecule has 1 aliphatic rings. The minimum absolute atomic E-state index is 0.354. The lowest BCUT2D eigenvalue weighted by atomic mass is 9.98. The van der Waals surface area contributed by atoms with E-state index in [0.717, 1.165) is 18.9 Å². The molecule has 1 saturated carbocycles. The quantitative estimate of drug-likeness (QED) is 0.721. The van der Waals surface area contributed by atoms with Gasteiger partial charge in [0.05, 0.1) is 6.07 Å². The Bertz CT molecular complexity index is 291. The van der Waals surface area contributed by atoms with E-state index >= 15 is 0 Å². The van der Waals surface area contributed by atoms with Crippen molar-refractivity contribution in [3.05, 3.63) is 0 Å². The summed E-state index contributed by atoms with van der Waals surface area (Å²) >= 11 is 0. The fourth-order valence-corrected chi connectivity index (χ4v) is 2.32. The monoisotopic (exact) mass is 251 g/mol.